The quantitative estimate of drug-likeness (QED) is 0.886. The van der Waals surface area contributed by atoms with Gasteiger partial charge in [0, 0.05) is 19.3 Å². The lowest BCUT2D eigenvalue weighted by Crippen LogP contribution is -2.30. The SMILES string of the molecule is Cc1ccc(N(C)CC2CCC(O)CC2)c(C)c1. The molecule has 1 aromatic rings. The minimum atomic E-state index is -0.0485. The maximum atomic E-state index is 9.54. The fourth-order valence-electron chi connectivity index (χ4n) is 3.05. The van der Waals surface area contributed by atoms with E-state index in [0.29, 0.717) is 0 Å². The summed E-state index contributed by atoms with van der Waals surface area (Å²) >= 11 is 0. The lowest BCUT2D eigenvalue weighted by atomic mass is 9.87. The molecule has 0 bridgehead atoms. The van der Waals surface area contributed by atoms with Crippen LogP contribution in [-0.2, 0) is 0 Å². The van der Waals surface area contributed by atoms with Crippen LogP contribution in [0.3, 0.4) is 0 Å². The van der Waals surface area contributed by atoms with Gasteiger partial charge in [-0.15, -0.1) is 0 Å². The predicted octanol–water partition coefficient (Wildman–Crippen LogP) is 3.29. The Morgan fingerprint density at radius 1 is 1.17 bits per heavy atom. The highest BCUT2D eigenvalue weighted by atomic mass is 16.3. The zero-order valence-electron chi connectivity index (χ0n) is 11.8. The van der Waals surface area contributed by atoms with Gasteiger partial charge in [-0.2, -0.15) is 0 Å². The molecule has 1 fully saturated rings. The van der Waals surface area contributed by atoms with Crippen molar-refractivity contribution in [1.82, 2.24) is 0 Å². The van der Waals surface area contributed by atoms with E-state index in [1.165, 1.54) is 16.8 Å². The van der Waals surface area contributed by atoms with Crippen LogP contribution in [0, 0.1) is 19.8 Å². The number of benzene rings is 1. The molecule has 0 heterocycles. The normalized spacial score (nSPS) is 24.0. The minimum absolute atomic E-state index is 0.0485. The van der Waals surface area contributed by atoms with E-state index >= 15 is 0 Å². The largest absolute Gasteiger partial charge is 0.393 e. The Morgan fingerprint density at radius 2 is 1.83 bits per heavy atom. The summed E-state index contributed by atoms with van der Waals surface area (Å²) in [7, 11) is 2.18. The molecule has 1 N–H and O–H groups in total. The average molecular weight is 247 g/mol. The van der Waals surface area contributed by atoms with Crippen LogP contribution in [0.4, 0.5) is 5.69 Å². The first-order valence-corrected chi connectivity index (χ1v) is 7.02. The molecule has 2 rings (SSSR count). The van der Waals surface area contributed by atoms with Crippen molar-refractivity contribution in [3.63, 3.8) is 0 Å². The molecular formula is C16H25NO. The van der Waals surface area contributed by atoms with Gasteiger partial charge >= 0.3 is 0 Å². The fourth-order valence-corrected chi connectivity index (χ4v) is 3.05. The summed E-state index contributed by atoms with van der Waals surface area (Å²) in [4.78, 5) is 2.37. The first-order valence-electron chi connectivity index (χ1n) is 7.02. The van der Waals surface area contributed by atoms with Gasteiger partial charge < -0.3 is 10.0 Å². The Kier molecular flexibility index (Phi) is 4.28. The van der Waals surface area contributed by atoms with Crippen molar-refractivity contribution in [2.24, 2.45) is 5.92 Å². The van der Waals surface area contributed by atoms with Crippen LogP contribution < -0.4 is 4.90 Å². The smallest absolute Gasteiger partial charge is 0.0540 e. The monoisotopic (exact) mass is 247 g/mol. The third kappa shape index (κ3) is 3.26. The number of aliphatic hydroxyl groups is 1. The highest BCUT2D eigenvalue weighted by molar-refractivity contribution is 5.53. The Morgan fingerprint density at radius 3 is 2.44 bits per heavy atom. The third-order valence-electron chi connectivity index (χ3n) is 4.11. The van der Waals surface area contributed by atoms with Crippen molar-refractivity contribution in [2.75, 3.05) is 18.5 Å². The topological polar surface area (TPSA) is 23.5 Å². The van der Waals surface area contributed by atoms with E-state index in [-0.39, 0.29) is 6.10 Å². The average Bonchev–Trinajstić information content (AvgIpc) is 2.32. The first-order chi connectivity index (χ1) is 8.56. The summed E-state index contributed by atoms with van der Waals surface area (Å²) in [5.41, 5.74) is 4.02. The zero-order chi connectivity index (χ0) is 13.1. The van der Waals surface area contributed by atoms with Gasteiger partial charge in [0.1, 0.15) is 0 Å². The number of rotatable bonds is 3. The molecule has 18 heavy (non-hydrogen) atoms. The Labute approximate surface area is 111 Å². The van der Waals surface area contributed by atoms with E-state index in [4.69, 9.17) is 0 Å². The van der Waals surface area contributed by atoms with Crippen molar-refractivity contribution in [1.29, 1.82) is 0 Å². The first kappa shape index (κ1) is 13.4. The molecule has 0 aliphatic heterocycles. The minimum Gasteiger partial charge on any atom is -0.393 e. The number of aryl methyl sites for hydroxylation is 2. The second-order valence-corrected chi connectivity index (χ2v) is 5.85. The maximum Gasteiger partial charge on any atom is 0.0540 e. The van der Waals surface area contributed by atoms with E-state index in [0.717, 1.165) is 38.1 Å². The van der Waals surface area contributed by atoms with Gasteiger partial charge in [0.25, 0.3) is 0 Å². The Bertz CT molecular complexity index is 394. The lowest BCUT2D eigenvalue weighted by Gasteiger charge is -2.31. The highest BCUT2D eigenvalue weighted by Crippen LogP contribution is 2.27. The molecule has 0 spiro atoms. The van der Waals surface area contributed by atoms with Crippen molar-refractivity contribution in [3.05, 3.63) is 29.3 Å². The number of aliphatic hydroxyl groups excluding tert-OH is 1. The molecule has 100 valence electrons. The van der Waals surface area contributed by atoms with Crippen molar-refractivity contribution >= 4 is 5.69 Å². The van der Waals surface area contributed by atoms with Gasteiger partial charge in [-0.3, -0.25) is 0 Å². The standard InChI is InChI=1S/C16H25NO/c1-12-4-9-16(13(2)10-12)17(3)11-14-5-7-15(18)8-6-14/h4,9-10,14-15,18H,5-8,11H2,1-3H3. The van der Waals surface area contributed by atoms with E-state index in [1.54, 1.807) is 0 Å². The number of nitrogens with zero attached hydrogens (tertiary/aromatic N) is 1. The van der Waals surface area contributed by atoms with Gasteiger partial charge in [0.2, 0.25) is 0 Å². The number of hydrogen-bond donors (Lipinski definition) is 1. The third-order valence-corrected chi connectivity index (χ3v) is 4.11. The molecule has 1 aliphatic rings. The molecule has 2 heteroatoms. The van der Waals surface area contributed by atoms with Crippen molar-refractivity contribution < 1.29 is 5.11 Å². The molecule has 1 saturated carbocycles. The van der Waals surface area contributed by atoms with E-state index in [9.17, 15) is 5.11 Å². The summed E-state index contributed by atoms with van der Waals surface area (Å²) in [6.45, 7) is 5.43. The summed E-state index contributed by atoms with van der Waals surface area (Å²) in [5.74, 6) is 0.735. The van der Waals surface area contributed by atoms with E-state index in [1.807, 2.05) is 0 Å². The fraction of sp³-hybridized carbons (Fsp3) is 0.625. The summed E-state index contributed by atoms with van der Waals surface area (Å²) in [6.07, 6.45) is 4.23. The van der Waals surface area contributed by atoms with Crippen LogP contribution in [0.15, 0.2) is 18.2 Å². The Hall–Kier alpha value is -1.02. The maximum absolute atomic E-state index is 9.54. The highest BCUT2D eigenvalue weighted by Gasteiger charge is 2.20. The molecule has 1 aliphatic carbocycles. The summed E-state index contributed by atoms with van der Waals surface area (Å²) < 4.78 is 0. The van der Waals surface area contributed by atoms with Crippen LogP contribution in [0.2, 0.25) is 0 Å². The second kappa shape index (κ2) is 5.75. The zero-order valence-corrected chi connectivity index (χ0v) is 11.8. The van der Waals surface area contributed by atoms with Crippen LogP contribution >= 0.6 is 0 Å². The van der Waals surface area contributed by atoms with Crippen LogP contribution in [0.25, 0.3) is 0 Å². The van der Waals surface area contributed by atoms with Crippen molar-refractivity contribution in [3.8, 4) is 0 Å². The van der Waals surface area contributed by atoms with Gasteiger partial charge in [-0.25, -0.2) is 0 Å². The molecule has 1 aromatic carbocycles. The number of hydrogen-bond acceptors (Lipinski definition) is 2. The molecule has 0 amide bonds. The number of anilines is 1. The summed E-state index contributed by atoms with van der Waals surface area (Å²) in [5, 5.41) is 9.54. The molecule has 0 aromatic heterocycles. The van der Waals surface area contributed by atoms with E-state index in [2.05, 4.69) is 44.0 Å². The molecule has 2 nitrogen and oxygen atoms in total. The van der Waals surface area contributed by atoms with Gasteiger partial charge in [-0.1, -0.05) is 17.7 Å². The van der Waals surface area contributed by atoms with E-state index < -0.39 is 0 Å². The Balaban J connectivity index is 1.97. The van der Waals surface area contributed by atoms with Gasteiger partial charge in [0.05, 0.1) is 6.10 Å². The second-order valence-electron chi connectivity index (χ2n) is 5.85. The van der Waals surface area contributed by atoms with Crippen molar-refractivity contribution in [2.45, 2.75) is 45.6 Å². The van der Waals surface area contributed by atoms with Gasteiger partial charge in [-0.05, 0) is 57.1 Å². The molecular weight excluding hydrogens is 222 g/mol. The predicted molar refractivity (Wildman–Crippen MR) is 77.2 cm³/mol. The van der Waals surface area contributed by atoms with Crippen LogP contribution in [0.5, 0.6) is 0 Å². The molecule has 0 radical (unpaired) electrons. The van der Waals surface area contributed by atoms with Crippen LogP contribution in [-0.4, -0.2) is 24.8 Å². The van der Waals surface area contributed by atoms with Gasteiger partial charge in [0.15, 0.2) is 0 Å². The molecule has 0 saturated heterocycles. The summed E-state index contributed by atoms with van der Waals surface area (Å²) in [6, 6.07) is 6.66. The lowest BCUT2D eigenvalue weighted by molar-refractivity contribution is 0.110. The molecule has 0 unspecified atom stereocenters. The molecule has 0 atom stereocenters. The van der Waals surface area contributed by atoms with Crippen LogP contribution in [0.1, 0.15) is 36.8 Å².